The Kier molecular flexibility index (Phi) is 7.43. The van der Waals surface area contributed by atoms with Gasteiger partial charge < -0.3 is 9.80 Å². The third kappa shape index (κ3) is 4.91. The number of nitriles is 1. The van der Waals surface area contributed by atoms with Crippen molar-refractivity contribution in [1.82, 2.24) is 14.4 Å². The highest BCUT2D eigenvalue weighted by Gasteiger charge is 2.42. The van der Waals surface area contributed by atoms with Crippen molar-refractivity contribution in [2.75, 3.05) is 49.6 Å². The van der Waals surface area contributed by atoms with Crippen LogP contribution in [0.2, 0.25) is 0 Å². The van der Waals surface area contributed by atoms with Crippen LogP contribution in [-0.2, 0) is 21.2 Å². The van der Waals surface area contributed by atoms with Gasteiger partial charge in [0, 0.05) is 38.3 Å². The molecule has 1 atom stereocenters. The van der Waals surface area contributed by atoms with Crippen LogP contribution in [0.25, 0.3) is 6.08 Å². The molecule has 12 heteroatoms. The topological polar surface area (TPSA) is 107 Å². The summed E-state index contributed by atoms with van der Waals surface area (Å²) < 4.78 is 26.0. The predicted molar refractivity (Wildman–Crippen MR) is 142 cm³/mol. The summed E-state index contributed by atoms with van der Waals surface area (Å²) in [6.45, 7) is 7.27. The van der Waals surface area contributed by atoms with Crippen molar-refractivity contribution in [1.29, 1.82) is 5.26 Å². The fraction of sp³-hybridized carbons (Fsp3) is 0.565. The minimum atomic E-state index is -3.18. The smallest absolute Gasteiger partial charge is 0.270 e. The first-order valence-electron chi connectivity index (χ1n) is 11.7. The molecule has 4 heterocycles. The maximum absolute atomic E-state index is 13.4. The van der Waals surface area contributed by atoms with Crippen LogP contribution >= 0.6 is 24.0 Å². The zero-order chi connectivity index (χ0) is 25.5. The Bertz CT molecular complexity index is 1300. The molecule has 3 fully saturated rings. The number of sulfone groups is 1. The molecular weight excluding hydrogens is 506 g/mol. The number of anilines is 1. The SMILES string of the molecule is CCCn1c(N2CCN(C)CC2)c(C=C2SC(=S)N(C3CCS(=O)(=O)C3)C2=O)c(C)c(C#N)c1=O. The van der Waals surface area contributed by atoms with E-state index in [0.29, 0.717) is 52.8 Å². The Morgan fingerprint density at radius 3 is 2.49 bits per heavy atom. The molecule has 1 aromatic heterocycles. The fourth-order valence-electron chi connectivity index (χ4n) is 4.84. The molecule has 1 amide bonds. The first-order valence-corrected chi connectivity index (χ1v) is 14.7. The van der Waals surface area contributed by atoms with Crippen LogP contribution in [0.5, 0.6) is 0 Å². The van der Waals surface area contributed by atoms with Gasteiger partial charge in [-0.15, -0.1) is 0 Å². The van der Waals surface area contributed by atoms with Gasteiger partial charge in [-0.1, -0.05) is 30.9 Å². The molecule has 4 rings (SSSR count). The zero-order valence-corrected chi connectivity index (χ0v) is 22.6. The molecule has 0 aliphatic carbocycles. The molecule has 1 aromatic rings. The van der Waals surface area contributed by atoms with Gasteiger partial charge in [0.2, 0.25) is 0 Å². The van der Waals surface area contributed by atoms with Gasteiger partial charge in [0.25, 0.3) is 11.5 Å². The van der Waals surface area contributed by atoms with Crippen molar-refractivity contribution < 1.29 is 13.2 Å². The van der Waals surface area contributed by atoms with Gasteiger partial charge in [-0.05, 0) is 38.5 Å². The Balaban J connectivity index is 1.84. The van der Waals surface area contributed by atoms with E-state index in [0.717, 1.165) is 30.7 Å². The van der Waals surface area contributed by atoms with Crippen molar-refractivity contribution in [3.8, 4) is 6.07 Å². The van der Waals surface area contributed by atoms with Crippen molar-refractivity contribution >= 4 is 55.9 Å². The molecule has 0 bridgehead atoms. The molecule has 3 aliphatic heterocycles. The summed E-state index contributed by atoms with van der Waals surface area (Å²) in [6.07, 6.45) is 2.82. The molecule has 35 heavy (non-hydrogen) atoms. The average molecular weight is 536 g/mol. The number of likely N-dealkylation sites (N-methyl/N-ethyl adjacent to an activating group) is 1. The van der Waals surface area contributed by atoms with E-state index in [1.807, 2.05) is 6.92 Å². The Labute approximate surface area is 215 Å². The van der Waals surface area contributed by atoms with Crippen molar-refractivity contribution in [2.45, 2.75) is 39.3 Å². The number of hydrogen-bond acceptors (Lipinski definition) is 9. The van der Waals surface area contributed by atoms with Crippen molar-refractivity contribution in [2.24, 2.45) is 0 Å². The van der Waals surface area contributed by atoms with E-state index in [1.165, 1.54) is 4.90 Å². The highest BCUT2D eigenvalue weighted by molar-refractivity contribution is 8.26. The lowest BCUT2D eigenvalue weighted by atomic mass is 10.0. The molecule has 3 saturated heterocycles. The second kappa shape index (κ2) is 10.0. The summed E-state index contributed by atoms with van der Waals surface area (Å²) in [5.41, 5.74) is 0.952. The number of pyridine rings is 1. The number of hydrogen-bond donors (Lipinski definition) is 0. The molecule has 0 aromatic carbocycles. The quantitative estimate of drug-likeness (QED) is 0.410. The van der Waals surface area contributed by atoms with Gasteiger partial charge in [-0.3, -0.25) is 19.1 Å². The molecule has 0 spiro atoms. The van der Waals surface area contributed by atoms with Crippen LogP contribution in [0, 0.1) is 18.3 Å². The lowest BCUT2D eigenvalue weighted by Crippen LogP contribution is -2.47. The minimum absolute atomic E-state index is 0.0495. The highest BCUT2D eigenvalue weighted by Crippen LogP contribution is 2.38. The molecule has 188 valence electrons. The zero-order valence-electron chi connectivity index (χ0n) is 20.1. The van der Waals surface area contributed by atoms with E-state index in [1.54, 1.807) is 17.6 Å². The summed E-state index contributed by atoms with van der Waals surface area (Å²) in [6, 6.07) is 1.61. The monoisotopic (exact) mass is 535 g/mol. The average Bonchev–Trinajstić information content (AvgIpc) is 3.30. The lowest BCUT2D eigenvalue weighted by molar-refractivity contribution is -0.123. The van der Waals surface area contributed by atoms with E-state index in [-0.39, 0.29) is 28.5 Å². The van der Waals surface area contributed by atoms with Crippen LogP contribution in [0.3, 0.4) is 0 Å². The predicted octanol–water partition coefficient (Wildman–Crippen LogP) is 1.58. The molecular formula is C23H29N5O4S3. The standard InChI is InChI=1S/C23H29N5O4S3/c1-4-6-27-20(26-9-7-25(3)8-10-26)17(15(2)18(13-24)21(27)29)12-19-22(30)28(23(33)34-19)16-5-11-35(31,32)14-16/h12,16H,4-11,14H2,1-3H3. The largest absolute Gasteiger partial charge is 0.355 e. The Hall–Kier alpha value is -2.20. The van der Waals surface area contributed by atoms with Crippen molar-refractivity contribution in [3.05, 3.63) is 31.9 Å². The van der Waals surface area contributed by atoms with Crippen LogP contribution in [0.4, 0.5) is 5.82 Å². The van der Waals surface area contributed by atoms with E-state index in [9.17, 15) is 23.3 Å². The number of rotatable bonds is 5. The Morgan fingerprint density at radius 1 is 1.23 bits per heavy atom. The fourth-order valence-corrected chi connectivity index (χ4v) is 7.92. The summed E-state index contributed by atoms with van der Waals surface area (Å²) in [4.78, 5) is 32.8. The summed E-state index contributed by atoms with van der Waals surface area (Å²) >= 11 is 6.61. The number of thioether (sulfide) groups is 1. The number of carbonyl (C=O) groups is 1. The summed E-state index contributed by atoms with van der Waals surface area (Å²) in [7, 11) is -1.13. The number of amides is 1. The molecule has 0 saturated carbocycles. The van der Waals surface area contributed by atoms with E-state index >= 15 is 0 Å². The van der Waals surface area contributed by atoms with Crippen LogP contribution < -0.4 is 10.5 Å². The van der Waals surface area contributed by atoms with Crippen molar-refractivity contribution in [3.63, 3.8) is 0 Å². The number of piperazine rings is 1. The van der Waals surface area contributed by atoms with Gasteiger partial charge in [0.05, 0.1) is 22.5 Å². The number of aromatic nitrogens is 1. The first kappa shape index (κ1) is 25.9. The normalized spacial score (nSPS) is 23.9. The van der Waals surface area contributed by atoms with E-state index in [2.05, 4.69) is 22.9 Å². The van der Waals surface area contributed by atoms with Gasteiger partial charge in [-0.2, -0.15) is 5.26 Å². The third-order valence-electron chi connectivity index (χ3n) is 6.77. The second-order valence-electron chi connectivity index (χ2n) is 9.20. The molecule has 9 nitrogen and oxygen atoms in total. The highest BCUT2D eigenvalue weighted by atomic mass is 32.2. The molecule has 0 N–H and O–H groups in total. The third-order valence-corrected chi connectivity index (χ3v) is 9.85. The second-order valence-corrected chi connectivity index (χ2v) is 13.1. The maximum atomic E-state index is 13.4. The Morgan fingerprint density at radius 2 is 1.91 bits per heavy atom. The minimum Gasteiger partial charge on any atom is -0.355 e. The van der Waals surface area contributed by atoms with E-state index in [4.69, 9.17) is 12.2 Å². The van der Waals surface area contributed by atoms with Gasteiger partial charge in [0.15, 0.2) is 9.84 Å². The van der Waals surface area contributed by atoms with E-state index < -0.39 is 15.9 Å². The number of thiocarbonyl (C=S) groups is 1. The van der Waals surface area contributed by atoms with Crippen LogP contribution in [0.1, 0.15) is 36.5 Å². The first-order chi connectivity index (χ1) is 16.6. The van der Waals surface area contributed by atoms with Crippen LogP contribution in [0.15, 0.2) is 9.70 Å². The number of nitrogens with zero attached hydrogens (tertiary/aromatic N) is 5. The van der Waals surface area contributed by atoms with Gasteiger partial charge >= 0.3 is 0 Å². The van der Waals surface area contributed by atoms with Gasteiger partial charge in [-0.25, -0.2) is 8.42 Å². The lowest BCUT2D eigenvalue weighted by Gasteiger charge is -2.36. The number of carbonyl (C=O) groups excluding carboxylic acids is 1. The summed E-state index contributed by atoms with van der Waals surface area (Å²) in [5, 5.41) is 9.78. The molecule has 1 unspecified atom stereocenters. The van der Waals surface area contributed by atoms with Crippen LogP contribution in [-0.4, -0.2) is 83.8 Å². The maximum Gasteiger partial charge on any atom is 0.270 e. The molecule has 3 aliphatic rings. The van der Waals surface area contributed by atoms with Gasteiger partial charge in [0.1, 0.15) is 21.8 Å². The summed E-state index contributed by atoms with van der Waals surface area (Å²) in [5.74, 6) is 0.361. The molecule has 0 radical (unpaired) electrons.